The molecule has 2 nitrogen and oxygen atoms in total. The molecule has 0 aromatic heterocycles. The SMILES string of the molecule is O=C(O)c1ccccc1.[Zn+2]. The fourth-order valence-electron chi connectivity index (χ4n) is 0.581. The van der Waals surface area contributed by atoms with Gasteiger partial charge < -0.3 is 5.11 Å². The van der Waals surface area contributed by atoms with Gasteiger partial charge in [0.15, 0.2) is 0 Å². The van der Waals surface area contributed by atoms with Gasteiger partial charge in [-0.15, -0.1) is 0 Å². The average Bonchev–Trinajstić information content (AvgIpc) is 1.90. The Kier molecular flexibility index (Phi) is 3.89. The van der Waals surface area contributed by atoms with E-state index in [4.69, 9.17) is 5.11 Å². The van der Waals surface area contributed by atoms with E-state index in [-0.39, 0.29) is 19.5 Å². The van der Waals surface area contributed by atoms with Crippen LogP contribution in [0.25, 0.3) is 0 Å². The van der Waals surface area contributed by atoms with Crippen molar-refractivity contribution in [2.24, 2.45) is 0 Å². The van der Waals surface area contributed by atoms with Crippen LogP contribution in [-0.4, -0.2) is 11.1 Å². The van der Waals surface area contributed by atoms with Crippen LogP contribution < -0.4 is 0 Å². The van der Waals surface area contributed by atoms with Gasteiger partial charge in [-0.1, -0.05) is 18.2 Å². The molecule has 0 bridgehead atoms. The Morgan fingerprint density at radius 3 is 2.00 bits per heavy atom. The molecular weight excluding hydrogens is 181 g/mol. The summed E-state index contributed by atoms with van der Waals surface area (Å²) in [5.41, 5.74) is 0.331. The molecule has 0 heterocycles. The molecule has 0 saturated carbocycles. The summed E-state index contributed by atoms with van der Waals surface area (Å²) in [6.45, 7) is 0. The van der Waals surface area contributed by atoms with Gasteiger partial charge in [0.25, 0.3) is 0 Å². The second-order valence-electron chi connectivity index (χ2n) is 1.67. The van der Waals surface area contributed by atoms with Crippen LogP contribution in [0, 0.1) is 0 Å². The quantitative estimate of drug-likeness (QED) is 0.675. The van der Waals surface area contributed by atoms with Gasteiger partial charge in [0, 0.05) is 0 Å². The summed E-state index contributed by atoms with van der Waals surface area (Å²) in [6.07, 6.45) is 0. The topological polar surface area (TPSA) is 37.3 Å². The largest absolute Gasteiger partial charge is 2.00 e. The molecular formula is C7H6O2Zn+2. The van der Waals surface area contributed by atoms with E-state index in [1.165, 1.54) is 0 Å². The molecule has 0 atom stereocenters. The summed E-state index contributed by atoms with van der Waals surface area (Å²) in [5.74, 6) is -0.879. The van der Waals surface area contributed by atoms with Crippen molar-refractivity contribution in [2.45, 2.75) is 0 Å². The zero-order valence-corrected chi connectivity index (χ0v) is 8.42. The van der Waals surface area contributed by atoms with Crippen molar-refractivity contribution in [1.29, 1.82) is 0 Å². The van der Waals surface area contributed by atoms with E-state index in [9.17, 15) is 4.79 Å². The number of carbonyl (C=O) groups is 1. The Morgan fingerprint density at radius 1 is 1.20 bits per heavy atom. The summed E-state index contributed by atoms with van der Waals surface area (Å²) < 4.78 is 0. The third-order valence-corrected chi connectivity index (χ3v) is 1.02. The minimum atomic E-state index is -0.879. The van der Waals surface area contributed by atoms with Crippen LogP contribution in [0.4, 0.5) is 0 Å². The Morgan fingerprint density at radius 2 is 1.70 bits per heavy atom. The molecule has 0 aliphatic carbocycles. The smallest absolute Gasteiger partial charge is 0.478 e. The number of benzene rings is 1. The molecule has 0 aliphatic heterocycles. The molecule has 0 aliphatic rings. The second kappa shape index (κ2) is 4.18. The van der Waals surface area contributed by atoms with Gasteiger partial charge in [0.05, 0.1) is 5.56 Å². The molecule has 0 spiro atoms. The monoisotopic (exact) mass is 186 g/mol. The normalized spacial score (nSPS) is 8.00. The maximum absolute atomic E-state index is 10.2. The standard InChI is InChI=1S/C7H6O2.Zn/c8-7(9)6-4-2-1-3-5-6;/h1-5H,(H,8,9);/q;+2. The number of hydrogen-bond donors (Lipinski definition) is 1. The van der Waals surface area contributed by atoms with Gasteiger partial charge in [-0.05, 0) is 12.1 Å². The first-order chi connectivity index (χ1) is 4.30. The maximum atomic E-state index is 10.2. The van der Waals surface area contributed by atoms with Crippen molar-refractivity contribution in [3.8, 4) is 0 Å². The molecule has 3 heteroatoms. The molecule has 1 rings (SSSR count). The van der Waals surface area contributed by atoms with Gasteiger partial charge in [-0.25, -0.2) is 4.79 Å². The van der Waals surface area contributed by atoms with Gasteiger partial charge in [0.2, 0.25) is 0 Å². The van der Waals surface area contributed by atoms with Crippen LogP contribution in [0.3, 0.4) is 0 Å². The molecule has 1 N–H and O–H groups in total. The molecule has 1 aromatic rings. The van der Waals surface area contributed by atoms with Crippen LogP contribution in [0.1, 0.15) is 10.4 Å². The van der Waals surface area contributed by atoms with Crippen LogP contribution in [0.15, 0.2) is 30.3 Å². The van der Waals surface area contributed by atoms with E-state index < -0.39 is 5.97 Å². The molecule has 10 heavy (non-hydrogen) atoms. The molecule has 0 unspecified atom stereocenters. The van der Waals surface area contributed by atoms with E-state index in [2.05, 4.69) is 0 Å². The zero-order valence-electron chi connectivity index (χ0n) is 5.45. The summed E-state index contributed by atoms with van der Waals surface area (Å²) in [5, 5.41) is 8.38. The third-order valence-electron chi connectivity index (χ3n) is 1.02. The van der Waals surface area contributed by atoms with Crippen LogP contribution in [0.5, 0.6) is 0 Å². The van der Waals surface area contributed by atoms with E-state index in [1.807, 2.05) is 0 Å². The fraction of sp³-hybridized carbons (Fsp3) is 0. The number of hydrogen-bond acceptors (Lipinski definition) is 1. The number of rotatable bonds is 1. The molecule has 0 amide bonds. The summed E-state index contributed by atoms with van der Waals surface area (Å²) in [7, 11) is 0. The van der Waals surface area contributed by atoms with Crippen LogP contribution >= 0.6 is 0 Å². The van der Waals surface area contributed by atoms with E-state index in [0.717, 1.165) is 0 Å². The Labute approximate surface area is 71.6 Å². The molecule has 46 valence electrons. The Bertz CT molecular complexity index is 208. The van der Waals surface area contributed by atoms with Crippen molar-refractivity contribution in [1.82, 2.24) is 0 Å². The second-order valence-corrected chi connectivity index (χ2v) is 1.67. The van der Waals surface area contributed by atoms with Crippen molar-refractivity contribution >= 4 is 5.97 Å². The van der Waals surface area contributed by atoms with Crippen molar-refractivity contribution in [3.05, 3.63) is 35.9 Å². The van der Waals surface area contributed by atoms with Gasteiger partial charge in [0.1, 0.15) is 0 Å². The van der Waals surface area contributed by atoms with Crippen molar-refractivity contribution < 1.29 is 29.4 Å². The average molecular weight is 188 g/mol. The number of carboxylic acid groups (broad SMARTS) is 1. The Balaban J connectivity index is 0.000000810. The molecule has 1 aromatic carbocycles. The van der Waals surface area contributed by atoms with Crippen LogP contribution in [-0.2, 0) is 19.5 Å². The first kappa shape index (κ1) is 9.31. The Hall–Kier alpha value is -0.687. The van der Waals surface area contributed by atoms with Gasteiger partial charge in [-0.3, -0.25) is 0 Å². The minimum absolute atomic E-state index is 0. The molecule has 0 fully saturated rings. The third kappa shape index (κ3) is 2.28. The predicted molar refractivity (Wildman–Crippen MR) is 33.4 cm³/mol. The van der Waals surface area contributed by atoms with E-state index in [0.29, 0.717) is 5.56 Å². The van der Waals surface area contributed by atoms with Gasteiger partial charge in [-0.2, -0.15) is 0 Å². The predicted octanol–water partition coefficient (Wildman–Crippen LogP) is 1.38. The maximum Gasteiger partial charge on any atom is 2.00 e. The summed E-state index contributed by atoms with van der Waals surface area (Å²) in [6, 6.07) is 8.30. The van der Waals surface area contributed by atoms with Crippen LogP contribution in [0.2, 0.25) is 0 Å². The first-order valence-corrected chi connectivity index (χ1v) is 2.59. The summed E-state index contributed by atoms with van der Waals surface area (Å²) in [4.78, 5) is 10.2. The van der Waals surface area contributed by atoms with E-state index in [1.54, 1.807) is 30.3 Å². The van der Waals surface area contributed by atoms with E-state index >= 15 is 0 Å². The minimum Gasteiger partial charge on any atom is -0.478 e. The van der Waals surface area contributed by atoms with Crippen molar-refractivity contribution in [3.63, 3.8) is 0 Å². The molecule has 0 saturated heterocycles. The van der Waals surface area contributed by atoms with Gasteiger partial charge >= 0.3 is 25.4 Å². The fourth-order valence-corrected chi connectivity index (χ4v) is 0.581. The number of carboxylic acids is 1. The number of aromatic carboxylic acids is 1. The summed E-state index contributed by atoms with van der Waals surface area (Å²) >= 11 is 0. The molecule has 0 radical (unpaired) electrons. The van der Waals surface area contributed by atoms with Crippen molar-refractivity contribution in [2.75, 3.05) is 0 Å². The first-order valence-electron chi connectivity index (χ1n) is 2.59. The zero-order chi connectivity index (χ0) is 6.69.